The summed E-state index contributed by atoms with van der Waals surface area (Å²) >= 11 is 7.12. The van der Waals surface area contributed by atoms with Crippen molar-refractivity contribution in [1.82, 2.24) is 0 Å². The highest BCUT2D eigenvalue weighted by atomic mass is 35.5. The molecule has 7 nitrogen and oxygen atoms in total. The maximum Gasteiger partial charge on any atom is 0.341 e. The van der Waals surface area contributed by atoms with Crippen LogP contribution in [-0.4, -0.2) is 31.0 Å². The van der Waals surface area contributed by atoms with Crippen LogP contribution in [0.1, 0.15) is 33.2 Å². The Kier molecular flexibility index (Phi) is 8.78. The van der Waals surface area contributed by atoms with Gasteiger partial charge in [-0.15, -0.1) is 11.3 Å². The molecule has 0 saturated heterocycles. The molecule has 0 aliphatic rings. The summed E-state index contributed by atoms with van der Waals surface area (Å²) < 4.78 is 10.8. The molecule has 1 heterocycles. The second-order valence-electron chi connectivity index (χ2n) is 8.26. The Morgan fingerprint density at radius 2 is 1.58 bits per heavy atom. The predicted octanol–water partition coefficient (Wildman–Crippen LogP) is 6.82. The van der Waals surface area contributed by atoms with Crippen LogP contribution in [0.4, 0.5) is 10.7 Å². The van der Waals surface area contributed by atoms with Crippen molar-refractivity contribution in [3.63, 3.8) is 0 Å². The minimum Gasteiger partial charge on any atom is -0.484 e. The minimum atomic E-state index is -0.506. The molecule has 0 aliphatic heterocycles. The number of hydrogen-bond acceptors (Lipinski definition) is 6. The van der Waals surface area contributed by atoms with Crippen LogP contribution in [0.2, 0.25) is 5.02 Å². The van der Waals surface area contributed by atoms with Gasteiger partial charge in [-0.25, -0.2) is 4.79 Å². The van der Waals surface area contributed by atoms with Gasteiger partial charge in [-0.1, -0.05) is 41.4 Å². The summed E-state index contributed by atoms with van der Waals surface area (Å²) in [5.41, 5.74) is 4.01. The molecule has 0 unspecified atom stereocenters. The molecule has 0 aliphatic carbocycles. The van der Waals surface area contributed by atoms with E-state index in [4.69, 9.17) is 21.1 Å². The molecule has 38 heavy (non-hydrogen) atoms. The number of ether oxygens (including phenoxy) is 2. The van der Waals surface area contributed by atoms with Crippen LogP contribution in [0.3, 0.4) is 0 Å². The van der Waals surface area contributed by atoms with E-state index < -0.39 is 11.9 Å². The molecule has 0 atom stereocenters. The smallest absolute Gasteiger partial charge is 0.341 e. The number of rotatable bonds is 9. The molecular formula is C29H25ClN2O5S. The number of esters is 1. The van der Waals surface area contributed by atoms with Crippen LogP contribution >= 0.6 is 22.9 Å². The van der Waals surface area contributed by atoms with Crippen molar-refractivity contribution in [2.24, 2.45) is 0 Å². The summed E-state index contributed by atoms with van der Waals surface area (Å²) in [6, 6.07) is 21.0. The van der Waals surface area contributed by atoms with Crippen LogP contribution in [0, 0.1) is 6.92 Å². The molecule has 0 fully saturated rings. The first-order valence-corrected chi connectivity index (χ1v) is 13.0. The summed E-state index contributed by atoms with van der Waals surface area (Å²) in [6.45, 7) is 3.65. The first-order chi connectivity index (χ1) is 18.3. The first kappa shape index (κ1) is 26.9. The van der Waals surface area contributed by atoms with Gasteiger partial charge in [0.15, 0.2) is 6.61 Å². The summed E-state index contributed by atoms with van der Waals surface area (Å²) in [5.74, 6) is -0.809. The topological polar surface area (TPSA) is 93.7 Å². The van der Waals surface area contributed by atoms with Crippen molar-refractivity contribution in [2.45, 2.75) is 13.8 Å². The number of hydrogen-bond donors (Lipinski definition) is 2. The largest absolute Gasteiger partial charge is 0.484 e. The van der Waals surface area contributed by atoms with Gasteiger partial charge in [0, 0.05) is 27.2 Å². The van der Waals surface area contributed by atoms with Gasteiger partial charge in [0.05, 0.1) is 6.61 Å². The Morgan fingerprint density at radius 1 is 0.895 bits per heavy atom. The SMILES string of the molecule is CCOC(=O)c1c(-c2ccc(C)cc2)csc1NC(=O)COc1ccc(C(=O)Nc2ccc(Cl)cc2)cc1. The van der Waals surface area contributed by atoms with E-state index in [1.807, 2.05) is 36.6 Å². The lowest BCUT2D eigenvalue weighted by Gasteiger charge is -2.10. The average molecular weight is 549 g/mol. The molecule has 1 aromatic heterocycles. The zero-order valence-corrected chi connectivity index (χ0v) is 22.3. The molecule has 0 spiro atoms. The Bertz CT molecular complexity index is 1430. The van der Waals surface area contributed by atoms with Gasteiger partial charge in [-0.2, -0.15) is 0 Å². The maximum atomic E-state index is 12.7. The van der Waals surface area contributed by atoms with Crippen molar-refractivity contribution in [1.29, 1.82) is 0 Å². The second-order valence-corrected chi connectivity index (χ2v) is 9.58. The fourth-order valence-corrected chi connectivity index (χ4v) is 4.65. The second kappa shape index (κ2) is 12.4. The molecular weight excluding hydrogens is 524 g/mol. The Balaban J connectivity index is 1.39. The molecule has 2 amide bonds. The van der Waals surface area contributed by atoms with Gasteiger partial charge in [0.25, 0.3) is 11.8 Å². The lowest BCUT2D eigenvalue weighted by molar-refractivity contribution is -0.118. The van der Waals surface area contributed by atoms with Gasteiger partial charge in [0.2, 0.25) is 0 Å². The lowest BCUT2D eigenvalue weighted by atomic mass is 10.0. The molecule has 0 radical (unpaired) electrons. The molecule has 0 bridgehead atoms. The van der Waals surface area contributed by atoms with Gasteiger partial charge in [-0.3, -0.25) is 9.59 Å². The molecule has 9 heteroatoms. The summed E-state index contributed by atoms with van der Waals surface area (Å²) in [4.78, 5) is 37.8. The highest BCUT2D eigenvalue weighted by molar-refractivity contribution is 7.15. The highest BCUT2D eigenvalue weighted by Gasteiger charge is 2.23. The van der Waals surface area contributed by atoms with E-state index in [0.717, 1.165) is 11.1 Å². The molecule has 194 valence electrons. The van der Waals surface area contributed by atoms with E-state index in [-0.39, 0.29) is 19.1 Å². The van der Waals surface area contributed by atoms with Crippen molar-refractivity contribution in [3.8, 4) is 16.9 Å². The molecule has 3 aromatic carbocycles. The van der Waals surface area contributed by atoms with Gasteiger partial charge in [0.1, 0.15) is 16.3 Å². The minimum absolute atomic E-state index is 0.215. The van der Waals surface area contributed by atoms with Crippen LogP contribution in [0.15, 0.2) is 78.2 Å². The van der Waals surface area contributed by atoms with Crippen LogP contribution < -0.4 is 15.4 Å². The normalized spacial score (nSPS) is 10.5. The maximum absolute atomic E-state index is 12.7. The number of benzene rings is 3. The number of aryl methyl sites for hydroxylation is 1. The fourth-order valence-electron chi connectivity index (χ4n) is 3.55. The molecule has 4 aromatic rings. The van der Waals surface area contributed by atoms with Gasteiger partial charge >= 0.3 is 5.97 Å². The van der Waals surface area contributed by atoms with E-state index in [1.54, 1.807) is 55.5 Å². The standard InChI is InChI=1S/C29H25ClN2O5S/c1-3-36-29(35)26-24(19-6-4-18(2)5-7-19)17-38-28(26)32-25(33)16-37-23-14-8-20(9-15-23)27(34)31-22-12-10-21(30)11-13-22/h4-15,17H,3,16H2,1-2H3,(H,31,34)(H,32,33). The average Bonchev–Trinajstić information content (AvgIpc) is 3.33. The third-order valence-electron chi connectivity index (χ3n) is 5.47. The fraction of sp³-hybridized carbons (Fsp3) is 0.138. The highest BCUT2D eigenvalue weighted by Crippen LogP contribution is 2.36. The van der Waals surface area contributed by atoms with Crippen LogP contribution in [0.25, 0.3) is 11.1 Å². The lowest BCUT2D eigenvalue weighted by Crippen LogP contribution is -2.21. The Hall–Kier alpha value is -4.14. The monoisotopic (exact) mass is 548 g/mol. The Morgan fingerprint density at radius 3 is 2.24 bits per heavy atom. The zero-order valence-electron chi connectivity index (χ0n) is 20.7. The molecule has 0 saturated carbocycles. The number of carbonyl (C=O) groups is 3. The summed E-state index contributed by atoms with van der Waals surface area (Å²) in [7, 11) is 0. The molecule has 4 rings (SSSR count). The number of nitrogens with one attached hydrogen (secondary N) is 2. The quantitative estimate of drug-likeness (QED) is 0.224. The van der Waals surface area contributed by atoms with Crippen molar-refractivity contribution in [2.75, 3.05) is 23.8 Å². The first-order valence-electron chi connectivity index (χ1n) is 11.8. The van der Waals surface area contributed by atoms with E-state index in [0.29, 0.717) is 38.2 Å². The molecule has 2 N–H and O–H groups in total. The Labute approximate surface area is 229 Å². The third kappa shape index (κ3) is 6.79. The summed E-state index contributed by atoms with van der Waals surface area (Å²) in [6.07, 6.45) is 0. The third-order valence-corrected chi connectivity index (χ3v) is 6.62. The van der Waals surface area contributed by atoms with Crippen molar-refractivity contribution < 1.29 is 23.9 Å². The number of anilines is 2. The number of amides is 2. The van der Waals surface area contributed by atoms with E-state index in [9.17, 15) is 14.4 Å². The van der Waals surface area contributed by atoms with Crippen LogP contribution in [0.5, 0.6) is 5.75 Å². The van der Waals surface area contributed by atoms with E-state index in [2.05, 4.69) is 10.6 Å². The predicted molar refractivity (Wildman–Crippen MR) is 150 cm³/mol. The van der Waals surface area contributed by atoms with E-state index in [1.165, 1.54) is 11.3 Å². The van der Waals surface area contributed by atoms with Crippen molar-refractivity contribution >= 4 is 51.4 Å². The number of halogens is 1. The van der Waals surface area contributed by atoms with E-state index >= 15 is 0 Å². The van der Waals surface area contributed by atoms with Gasteiger partial charge in [-0.05, 0) is 67.9 Å². The number of carbonyl (C=O) groups excluding carboxylic acids is 3. The summed E-state index contributed by atoms with van der Waals surface area (Å²) in [5, 5.41) is 8.34. The van der Waals surface area contributed by atoms with Gasteiger partial charge < -0.3 is 20.1 Å². The zero-order chi connectivity index (χ0) is 27.1. The number of thiophene rings is 1. The van der Waals surface area contributed by atoms with Crippen LogP contribution in [-0.2, 0) is 9.53 Å². The van der Waals surface area contributed by atoms with Crippen molar-refractivity contribution in [3.05, 3.63) is 99.9 Å².